The first-order valence-corrected chi connectivity index (χ1v) is 7.74. The summed E-state index contributed by atoms with van der Waals surface area (Å²) in [5, 5.41) is 0.499. The third kappa shape index (κ3) is 3.43. The van der Waals surface area contributed by atoms with Crippen LogP contribution >= 0.6 is 11.6 Å². The number of carbonyl (C=O) groups excluding carboxylic acids is 1. The Morgan fingerprint density at radius 1 is 1.43 bits per heavy atom. The predicted molar refractivity (Wildman–Crippen MR) is 79.1 cm³/mol. The molecule has 2 rings (SSSR count). The number of benzene rings is 1. The van der Waals surface area contributed by atoms with Gasteiger partial charge in [-0.05, 0) is 24.6 Å². The normalized spacial score (nSPS) is 17.0. The maximum atomic E-state index is 12.0. The fourth-order valence-corrected chi connectivity index (χ4v) is 3.14. The zero-order valence-electron chi connectivity index (χ0n) is 11.4. The molecule has 0 fully saturated rings. The Morgan fingerprint density at radius 2 is 2.14 bits per heavy atom. The number of methoxy groups -OCH3 is 1. The van der Waals surface area contributed by atoms with Crippen LogP contribution in [0.3, 0.4) is 0 Å². The SMILES string of the molecule is COC(=O)C1=CN(Cc2cccc(Cl)c2)S(=O)(=O)N=C1C. The van der Waals surface area contributed by atoms with E-state index in [0.29, 0.717) is 10.6 Å². The lowest BCUT2D eigenvalue weighted by Crippen LogP contribution is -2.31. The van der Waals surface area contributed by atoms with Crippen molar-refractivity contribution in [1.29, 1.82) is 0 Å². The molecule has 0 saturated heterocycles. The molecule has 1 aromatic rings. The quantitative estimate of drug-likeness (QED) is 0.794. The van der Waals surface area contributed by atoms with Crippen molar-refractivity contribution in [3.05, 3.63) is 46.6 Å². The number of carbonyl (C=O) groups is 1. The molecule has 1 aromatic carbocycles. The van der Waals surface area contributed by atoms with Crippen molar-refractivity contribution in [3.8, 4) is 0 Å². The summed E-state index contributed by atoms with van der Waals surface area (Å²) < 4.78 is 33.3. The van der Waals surface area contributed by atoms with Crippen LogP contribution in [0, 0.1) is 0 Å². The van der Waals surface area contributed by atoms with E-state index in [2.05, 4.69) is 9.13 Å². The predicted octanol–water partition coefficient (Wildman–Crippen LogP) is 1.92. The second-order valence-corrected chi connectivity index (χ2v) is 6.35. The number of ether oxygens (including phenoxy) is 1. The van der Waals surface area contributed by atoms with Crippen molar-refractivity contribution < 1.29 is 17.9 Å². The molecular formula is C13H13ClN2O4S. The van der Waals surface area contributed by atoms with Crippen molar-refractivity contribution in [3.63, 3.8) is 0 Å². The standard InChI is InChI=1S/C13H13ClN2O4S/c1-9-12(13(17)20-2)8-16(21(18,19)15-9)7-10-4-3-5-11(14)6-10/h3-6,8H,7H2,1-2H3. The average molecular weight is 329 g/mol. The molecule has 0 bridgehead atoms. The molecule has 0 aromatic heterocycles. The number of rotatable bonds is 3. The van der Waals surface area contributed by atoms with Gasteiger partial charge >= 0.3 is 16.2 Å². The van der Waals surface area contributed by atoms with Crippen LogP contribution in [0.2, 0.25) is 5.02 Å². The van der Waals surface area contributed by atoms with Gasteiger partial charge in [-0.25, -0.2) is 4.79 Å². The molecule has 1 aliphatic heterocycles. The van der Waals surface area contributed by atoms with E-state index in [9.17, 15) is 13.2 Å². The van der Waals surface area contributed by atoms with E-state index in [1.165, 1.54) is 20.2 Å². The molecule has 6 nitrogen and oxygen atoms in total. The van der Waals surface area contributed by atoms with E-state index >= 15 is 0 Å². The molecule has 0 amide bonds. The van der Waals surface area contributed by atoms with Gasteiger partial charge < -0.3 is 4.74 Å². The van der Waals surface area contributed by atoms with Gasteiger partial charge in [-0.2, -0.15) is 8.42 Å². The molecular weight excluding hydrogens is 316 g/mol. The van der Waals surface area contributed by atoms with Gasteiger partial charge in [-0.15, -0.1) is 4.40 Å². The van der Waals surface area contributed by atoms with Crippen molar-refractivity contribution in [2.24, 2.45) is 4.40 Å². The van der Waals surface area contributed by atoms with Gasteiger partial charge in [-0.1, -0.05) is 23.7 Å². The minimum Gasteiger partial charge on any atom is -0.465 e. The summed E-state index contributed by atoms with van der Waals surface area (Å²) in [5.74, 6) is -0.637. The summed E-state index contributed by atoms with van der Waals surface area (Å²) in [5.41, 5.74) is 0.889. The first kappa shape index (κ1) is 15.5. The first-order valence-electron chi connectivity index (χ1n) is 5.97. The highest BCUT2D eigenvalue weighted by atomic mass is 35.5. The smallest absolute Gasteiger partial charge is 0.344 e. The van der Waals surface area contributed by atoms with E-state index < -0.39 is 16.2 Å². The molecule has 0 N–H and O–H groups in total. The third-order valence-electron chi connectivity index (χ3n) is 2.84. The lowest BCUT2D eigenvalue weighted by atomic mass is 10.2. The van der Waals surface area contributed by atoms with Crippen molar-refractivity contribution in [2.75, 3.05) is 7.11 Å². The molecule has 1 aliphatic rings. The van der Waals surface area contributed by atoms with Gasteiger partial charge in [0.1, 0.15) is 0 Å². The summed E-state index contributed by atoms with van der Waals surface area (Å²) >= 11 is 5.87. The fourth-order valence-electron chi connectivity index (χ4n) is 1.83. The minimum absolute atomic E-state index is 0.0279. The zero-order chi connectivity index (χ0) is 15.6. The van der Waals surface area contributed by atoms with Crippen molar-refractivity contribution in [2.45, 2.75) is 13.5 Å². The van der Waals surface area contributed by atoms with Crippen LogP contribution in [0.25, 0.3) is 0 Å². The van der Waals surface area contributed by atoms with Gasteiger partial charge in [0.05, 0.1) is 24.9 Å². The Hall–Kier alpha value is -1.86. The van der Waals surface area contributed by atoms with Gasteiger partial charge in [0, 0.05) is 11.2 Å². The number of hydrogen-bond acceptors (Lipinski definition) is 4. The van der Waals surface area contributed by atoms with Gasteiger partial charge in [0.2, 0.25) is 0 Å². The lowest BCUT2D eigenvalue weighted by Gasteiger charge is -2.23. The Bertz CT molecular complexity index is 740. The maximum absolute atomic E-state index is 12.0. The van der Waals surface area contributed by atoms with E-state index in [1.807, 2.05) is 0 Å². The van der Waals surface area contributed by atoms with Crippen LogP contribution in [0.15, 0.2) is 40.4 Å². The molecule has 0 saturated carbocycles. The van der Waals surface area contributed by atoms with E-state index in [0.717, 1.165) is 4.31 Å². The Kier molecular flexibility index (Phi) is 4.34. The van der Waals surface area contributed by atoms with Crippen LogP contribution in [-0.2, 0) is 26.3 Å². The van der Waals surface area contributed by atoms with Gasteiger partial charge in [0.15, 0.2) is 0 Å². The topological polar surface area (TPSA) is 76.0 Å². The van der Waals surface area contributed by atoms with E-state index in [4.69, 9.17) is 11.6 Å². The van der Waals surface area contributed by atoms with Crippen molar-refractivity contribution in [1.82, 2.24) is 4.31 Å². The van der Waals surface area contributed by atoms with Crippen LogP contribution in [0.1, 0.15) is 12.5 Å². The second-order valence-electron chi connectivity index (χ2n) is 4.36. The Balaban J connectivity index is 2.37. The highest BCUT2D eigenvalue weighted by Gasteiger charge is 2.28. The molecule has 0 unspecified atom stereocenters. The summed E-state index contributed by atoms with van der Waals surface area (Å²) in [7, 11) is -2.64. The molecule has 1 heterocycles. The monoisotopic (exact) mass is 328 g/mol. The number of esters is 1. The second kappa shape index (κ2) is 5.87. The summed E-state index contributed by atoms with van der Waals surface area (Å²) in [6, 6.07) is 6.79. The summed E-state index contributed by atoms with van der Waals surface area (Å²) in [6.07, 6.45) is 1.23. The minimum atomic E-state index is -3.86. The summed E-state index contributed by atoms with van der Waals surface area (Å²) in [6.45, 7) is 1.47. The lowest BCUT2D eigenvalue weighted by molar-refractivity contribution is -0.135. The molecule has 0 radical (unpaired) electrons. The molecule has 21 heavy (non-hydrogen) atoms. The Morgan fingerprint density at radius 3 is 2.76 bits per heavy atom. The van der Waals surface area contributed by atoms with Crippen LogP contribution in [0.5, 0.6) is 0 Å². The number of hydrogen-bond donors (Lipinski definition) is 0. The zero-order valence-corrected chi connectivity index (χ0v) is 13.0. The van der Waals surface area contributed by atoms with Gasteiger partial charge in [0.25, 0.3) is 0 Å². The highest BCUT2D eigenvalue weighted by molar-refractivity contribution is 7.88. The van der Waals surface area contributed by atoms with Crippen molar-refractivity contribution >= 4 is 33.5 Å². The molecule has 112 valence electrons. The largest absolute Gasteiger partial charge is 0.465 e. The molecule has 8 heteroatoms. The summed E-state index contributed by atoms with van der Waals surface area (Å²) in [4.78, 5) is 11.6. The fraction of sp³-hybridized carbons (Fsp3) is 0.231. The highest BCUT2D eigenvalue weighted by Crippen LogP contribution is 2.21. The number of halogens is 1. The van der Waals surface area contributed by atoms with Crippen LogP contribution < -0.4 is 0 Å². The molecule has 0 aliphatic carbocycles. The van der Waals surface area contributed by atoms with Crippen LogP contribution in [0.4, 0.5) is 0 Å². The Labute approximate surface area is 127 Å². The van der Waals surface area contributed by atoms with Crippen LogP contribution in [-0.4, -0.2) is 31.5 Å². The first-order chi connectivity index (χ1) is 9.83. The van der Waals surface area contributed by atoms with Gasteiger partial charge in [-0.3, -0.25) is 4.31 Å². The maximum Gasteiger partial charge on any atom is 0.344 e. The van der Waals surface area contributed by atoms with E-state index in [1.54, 1.807) is 24.3 Å². The van der Waals surface area contributed by atoms with E-state index in [-0.39, 0.29) is 17.8 Å². The number of nitrogens with zero attached hydrogens (tertiary/aromatic N) is 2. The molecule has 0 atom stereocenters. The average Bonchev–Trinajstić information content (AvgIpc) is 2.40. The molecule has 0 spiro atoms. The third-order valence-corrected chi connectivity index (χ3v) is 4.41.